The van der Waals surface area contributed by atoms with Gasteiger partial charge in [-0.3, -0.25) is 9.59 Å². The summed E-state index contributed by atoms with van der Waals surface area (Å²) in [6.45, 7) is 2.85. The van der Waals surface area contributed by atoms with Crippen LogP contribution in [-0.4, -0.2) is 45.4 Å². The fourth-order valence-electron chi connectivity index (χ4n) is 4.13. The molecule has 0 radical (unpaired) electrons. The molecule has 1 saturated heterocycles. The number of hydrogen-bond acceptors (Lipinski definition) is 6. The number of aryl methyl sites for hydroxylation is 1. The molecule has 0 aliphatic carbocycles. The Bertz CT molecular complexity index is 1160. The Morgan fingerprint density at radius 3 is 2.32 bits per heavy atom. The van der Waals surface area contributed by atoms with Crippen LogP contribution in [0, 0.1) is 12.8 Å². The minimum Gasteiger partial charge on any atom is -0.469 e. The third-order valence-corrected chi connectivity index (χ3v) is 7.63. The molecule has 1 amide bonds. The number of amides is 1. The van der Waals surface area contributed by atoms with E-state index in [2.05, 4.69) is 5.32 Å². The number of piperidine rings is 1. The molecule has 7 nitrogen and oxygen atoms in total. The molecule has 2 aromatic carbocycles. The predicted octanol–water partition coefficient (Wildman–Crippen LogP) is 2.97. The topological polar surface area (TPSA) is 92.8 Å². The maximum atomic E-state index is 13.3. The summed E-state index contributed by atoms with van der Waals surface area (Å²) in [5, 5.41) is 2.73. The zero-order valence-corrected chi connectivity index (χ0v) is 18.2. The van der Waals surface area contributed by atoms with E-state index in [-0.39, 0.29) is 21.7 Å². The Morgan fingerprint density at radius 1 is 1.03 bits per heavy atom. The number of rotatable bonds is 4. The fraction of sp³-hybridized carbons (Fsp3) is 0.304. The first kappa shape index (κ1) is 21.1. The van der Waals surface area contributed by atoms with Crippen LogP contribution in [0.3, 0.4) is 0 Å². The van der Waals surface area contributed by atoms with Gasteiger partial charge in [-0.2, -0.15) is 0 Å². The number of nitrogens with zero attached hydrogens (tertiary/aromatic N) is 1. The summed E-state index contributed by atoms with van der Waals surface area (Å²) in [5.41, 5.74) is 2.49. The van der Waals surface area contributed by atoms with Crippen LogP contribution in [0.25, 0.3) is 5.70 Å². The Morgan fingerprint density at radius 2 is 1.68 bits per heavy atom. The largest absolute Gasteiger partial charge is 0.469 e. The first-order valence-corrected chi connectivity index (χ1v) is 11.6. The number of hydrogen-bond donors (Lipinski definition) is 1. The Labute approximate surface area is 181 Å². The van der Waals surface area contributed by atoms with Crippen molar-refractivity contribution >= 4 is 33.1 Å². The highest BCUT2D eigenvalue weighted by molar-refractivity contribution is 7.97. The molecule has 2 aromatic rings. The summed E-state index contributed by atoms with van der Waals surface area (Å²) < 4.78 is 31.5. The van der Waals surface area contributed by atoms with Crippen molar-refractivity contribution in [3.05, 3.63) is 64.6 Å². The van der Waals surface area contributed by atoms with Gasteiger partial charge in [0.2, 0.25) is 9.84 Å². The first-order chi connectivity index (χ1) is 14.8. The average molecular weight is 441 g/mol. The monoisotopic (exact) mass is 440 g/mol. The first-order valence-electron chi connectivity index (χ1n) is 10.1. The molecular formula is C23H24N2O5S. The number of sulfone groups is 1. The molecule has 4 rings (SSSR count). The van der Waals surface area contributed by atoms with Gasteiger partial charge in [-0.05, 0) is 38.0 Å². The second kappa shape index (κ2) is 8.19. The highest BCUT2D eigenvalue weighted by atomic mass is 32.2. The molecule has 0 unspecified atom stereocenters. The van der Waals surface area contributed by atoms with Crippen LogP contribution in [0.5, 0.6) is 0 Å². The highest BCUT2D eigenvalue weighted by Gasteiger charge is 2.42. The molecule has 2 aliphatic heterocycles. The maximum absolute atomic E-state index is 13.3. The lowest BCUT2D eigenvalue weighted by Gasteiger charge is -2.33. The summed E-state index contributed by atoms with van der Waals surface area (Å²) in [6, 6.07) is 13.8. The van der Waals surface area contributed by atoms with Gasteiger partial charge in [-0.1, -0.05) is 35.9 Å². The van der Waals surface area contributed by atoms with Gasteiger partial charge in [-0.25, -0.2) is 8.42 Å². The van der Waals surface area contributed by atoms with Crippen LogP contribution in [0.2, 0.25) is 0 Å². The molecule has 0 aromatic heterocycles. The number of anilines is 1. The summed E-state index contributed by atoms with van der Waals surface area (Å²) in [5.74, 6) is -1.14. The van der Waals surface area contributed by atoms with Crippen molar-refractivity contribution in [2.75, 3.05) is 25.5 Å². The number of esters is 1. The molecule has 8 heteroatoms. The quantitative estimate of drug-likeness (QED) is 0.735. The number of nitrogens with one attached hydrogen (secondary N) is 1. The Kier molecular flexibility index (Phi) is 5.58. The number of likely N-dealkylation sites (tertiary alicyclic amines) is 1. The lowest BCUT2D eigenvalue weighted by molar-refractivity contribution is -0.146. The van der Waals surface area contributed by atoms with Crippen LogP contribution in [-0.2, 0) is 24.2 Å². The number of fused-ring (bicyclic) bond motifs is 1. The van der Waals surface area contributed by atoms with Crippen LogP contribution >= 0.6 is 0 Å². The van der Waals surface area contributed by atoms with E-state index in [9.17, 15) is 18.0 Å². The van der Waals surface area contributed by atoms with Gasteiger partial charge < -0.3 is 15.0 Å². The van der Waals surface area contributed by atoms with Crippen molar-refractivity contribution in [3.63, 3.8) is 0 Å². The number of methoxy groups -OCH3 is 1. The number of carbonyl (C=O) groups excluding carboxylic acids is 2. The molecule has 2 aliphatic rings. The predicted molar refractivity (Wildman–Crippen MR) is 117 cm³/mol. The summed E-state index contributed by atoms with van der Waals surface area (Å²) in [7, 11) is -2.61. The molecule has 162 valence electrons. The molecular weight excluding hydrogens is 416 g/mol. The molecule has 0 saturated carbocycles. The van der Waals surface area contributed by atoms with Crippen LogP contribution < -0.4 is 5.32 Å². The van der Waals surface area contributed by atoms with Gasteiger partial charge in [-0.15, -0.1) is 0 Å². The SMILES string of the molecule is COC(=O)C1CCN(C2=C(C(=O)Nc3ccc(C)cc3)S(=O)(=O)c3ccccc32)CC1. The van der Waals surface area contributed by atoms with E-state index in [1.165, 1.54) is 13.2 Å². The van der Waals surface area contributed by atoms with E-state index in [4.69, 9.17) is 4.74 Å². The van der Waals surface area contributed by atoms with E-state index in [1.807, 2.05) is 24.0 Å². The van der Waals surface area contributed by atoms with Gasteiger partial charge in [0, 0.05) is 24.3 Å². The third-order valence-electron chi connectivity index (χ3n) is 5.78. The van der Waals surface area contributed by atoms with Crippen molar-refractivity contribution in [1.82, 2.24) is 4.90 Å². The van der Waals surface area contributed by atoms with Gasteiger partial charge in [0.05, 0.1) is 23.6 Å². The molecule has 1 fully saturated rings. The van der Waals surface area contributed by atoms with Crippen LogP contribution in [0.4, 0.5) is 5.69 Å². The van der Waals surface area contributed by atoms with Gasteiger partial charge in [0.15, 0.2) is 4.91 Å². The molecule has 0 atom stereocenters. The van der Waals surface area contributed by atoms with Crippen molar-refractivity contribution in [2.45, 2.75) is 24.7 Å². The van der Waals surface area contributed by atoms with E-state index >= 15 is 0 Å². The third kappa shape index (κ3) is 3.83. The summed E-state index contributed by atoms with van der Waals surface area (Å²) in [4.78, 5) is 26.9. The Hall–Kier alpha value is -3.13. The maximum Gasteiger partial charge on any atom is 0.308 e. The molecule has 0 spiro atoms. The zero-order chi connectivity index (χ0) is 22.2. The van der Waals surface area contributed by atoms with Crippen molar-refractivity contribution < 1.29 is 22.7 Å². The van der Waals surface area contributed by atoms with Crippen molar-refractivity contribution in [2.24, 2.45) is 5.92 Å². The smallest absolute Gasteiger partial charge is 0.308 e. The van der Waals surface area contributed by atoms with Crippen molar-refractivity contribution in [3.8, 4) is 0 Å². The Balaban J connectivity index is 1.72. The van der Waals surface area contributed by atoms with Gasteiger partial charge >= 0.3 is 5.97 Å². The zero-order valence-electron chi connectivity index (χ0n) is 17.4. The number of benzene rings is 2. The van der Waals surface area contributed by atoms with Crippen LogP contribution in [0.15, 0.2) is 58.3 Å². The van der Waals surface area contributed by atoms with E-state index < -0.39 is 15.7 Å². The molecule has 0 bridgehead atoms. The minimum atomic E-state index is -3.97. The van der Waals surface area contributed by atoms with Gasteiger partial charge in [0.25, 0.3) is 5.91 Å². The summed E-state index contributed by atoms with van der Waals surface area (Å²) in [6.07, 6.45) is 1.07. The van der Waals surface area contributed by atoms with Gasteiger partial charge in [0.1, 0.15) is 0 Å². The minimum absolute atomic E-state index is 0.133. The standard InChI is InChI=1S/C23H24N2O5S/c1-15-7-9-17(10-8-15)24-22(26)21-20(18-5-3-4-6-19(18)31(21,28)29)25-13-11-16(12-14-25)23(27)30-2/h3-10,16H,11-14H2,1-2H3,(H,24,26). The van der Waals surface area contributed by atoms with E-state index in [0.717, 1.165) is 5.56 Å². The molecule has 31 heavy (non-hydrogen) atoms. The summed E-state index contributed by atoms with van der Waals surface area (Å²) >= 11 is 0. The normalized spacial score (nSPS) is 17.9. The van der Waals surface area contributed by atoms with Crippen molar-refractivity contribution in [1.29, 1.82) is 0 Å². The lowest BCUT2D eigenvalue weighted by atomic mass is 9.95. The lowest BCUT2D eigenvalue weighted by Crippen LogP contribution is -2.36. The molecule has 1 N–H and O–H groups in total. The number of carbonyl (C=O) groups is 2. The van der Waals surface area contributed by atoms with E-state index in [0.29, 0.717) is 42.9 Å². The fourth-order valence-corrected chi connectivity index (χ4v) is 5.85. The highest BCUT2D eigenvalue weighted by Crippen LogP contribution is 2.42. The van der Waals surface area contributed by atoms with Crippen LogP contribution in [0.1, 0.15) is 24.0 Å². The second-order valence-electron chi connectivity index (χ2n) is 7.78. The average Bonchev–Trinajstić information content (AvgIpc) is 3.02. The second-order valence-corrected chi connectivity index (χ2v) is 9.64. The molecule has 2 heterocycles. The van der Waals surface area contributed by atoms with E-state index in [1.54, 1.807) is 30.3 Å². The number of ether oxygens (including phenoxy) is 1.